The van der Waals surface area contributed by atoms with E-state index in [1.807, 2.05) is 13.8 Å². The smallest absolute Gasteiger partial charge is 0.338 e. The van der Waals surface area contributed by atoms with Crippen molar-refractivity contribution in [3.05, 3.63) is 108 Å². The highest BCUT2D eigenvalue weighted by Crippen LogP contribution is 2.30. The molecule has 41 heavy (non-hydrogen) atoms. The van der Waals surface area contributed by atoms with Crippen molar-refractivity contribution >= 4 is 41.4 Å². The standard InChI is InChI=1S/C31H34O8S2/c1-3-40-31(41-4-2)26(33)25(32)27(39-30(36)23-18-12-7-13-19-23)24(38-29(35)22-16-10-6-11-17-22)20-37-28(34)21-14-8-5-9-15-21/h5-19,24-27,31-33H,3-4,20H2,1-2H3/t24-,25-,26-,27+/m0/s1. The molecule has 4 atom stereocenters. The summed E-state index contributed by atoms with van der Waals surface area (Å²) in [5.74, 6) is -0.958. The molecule has 3 rings (SSSR count). The Morgan fingerprint density at radius 1 is 0.634 bits per heavy atom. The number of esters is 3. The summed E-state index contributed by atoms with van der Waals surface area (Å²) in [6, 6.07) is 24.4. The molecule has 0 fully saturated rings. The lowest BCUT2D eigenvalue weighted by Gasteiger charge is -2.34. The Kier molecular flexibility index (Phi) is 13.2. The van der Waals surface area contributed by atoms with Crippen LogP contribution in [-0.4, -0.2) is 75.2 Å². The number of rotatable bonds is 15. The highest BCUT2D eigenvalue weighted by Gasteiger charge is 2.42. The van der Waals surface area contributed by atoms with Crippen molar-refractivity contribution in [2.75, 3.05) is 18.1 Å². The maximum absolute atomic E-state index is 13.1. The molecular weight excluding hydrogens is 564 g/mol. The molecule has 0 heterocycles. The zero-order valence-corrected chi connectivity index (χ0v) is 24.5. The fourth-order valence-corrected chi connectivity index (χ4v) is 6.43. The first-order valence-corrected chi connectivity index (χ1v) is 15.3. The lowest BCUT2D eigenvalue weighted by atomic mass is 10.0. The Hall–Kier alpha value is -3.31. The molecule has 10 heteroatoms. The van der Waals surface area contributed by atoms with E-state index in [1.54, 1.807) is 66.7 Å². The van der Waals surface area contributed by atoms with Crippen molar-refractivity contribution in [1.29, 1.82) is 0 Å². The van der Waals surface area contributed by atoms with E-state index in [0.717, 1.165) is 0 Å². The lowest BCUT2D eigenvalue weighted by Crippen LogP contribution is -2.52. The topological polar surface area (TPSA) is 119 Å². The number of aliphatic hydroxyl groups is 2. The van der Waals surface area contributed by atoms with Crippen molar-refractivity contribution in [2.45, 2.75) is 42.8 Å². The van der Waals surface area contributed by atoms with Crippen LogP contribution in [0.2, 0.25) is 0 Å². The predicted octanol–water partition coefficient (Wildman–Crippen LogP) is 4.85. The molecule has 2 N–H and O–H groups in total. The van der Waals surface area contributed by atoms with Crippen molar-refractivity contribution in [3.63, 3.8) is 0 Å². The number of hydrogen-bond acceptors (Lipinski definition) is 10. The summed E-state index contributed by atoms with van der Waals surface area (Å²) >= 11 is 2.85. The van der Waals surface area contributed by atoms with Crippen LogP contribution in [0.25, 0.3) is 0 Å². The number of benzene rings is 3. The first-order chi connectivity index (χ1) is 19.8. The third-order valence-electron chi connectivity index (χ3n) is 5.90. The SMILES string of the molecule is CCSC(SCC)[C@@H](O)[C@H](O)[C@H](OC(=O)c1ccccc1)[C@H](COC(=O)c1ccccc1)OC(=O)c1ccccc1. The fourth-order valence-electron chi connectivity index (χ4n) is 3.85. The van der Waals surface area contributed by atoms with Gasteiger partial charge in [-0.1, -0.05) is 68.4 Å². The molecule has 0 amide bonds. The van der Waals surface area contributed by atoms with Crippen LogP contribution in [0.1, 0.15) is 44.9 Å². The zero-order valence-electron chi connectivity index (χ0n) is 22.8. The van der Waals surface area contributed by atoms with E-state index >= 15 is 0 Å². The van der Waals surface area contributed by atoms with Crippen molar-refractivity contribution in [3.8, 4) is 0 Å². The van der Waals surface area contributed by atoms with E-state index in [-0.39, 0.29) is 16.7 Å². The first-order valence-electron chi connectivity index (χ1n) is 13.2. The molecule has 8 nitrogen and oxygen atoms in total. The van der Waals surface area contributed by atoms with Crippen LogP contribution in [-0.2, 0) is 14.2 Å². The summed E-state index contributed by atoms with van der Waals surface area (Å²) in [6.45, 7) is 3.30. The Balaban J connectivity index is 1.96. The fraction of sp³-hybridized carbons (Fsp3) is 0.323. The van der Waals surface area contributed by atoms with Crippen LogP contribution >= 0.6 is 23.5 Å². The van der Waals surface area contributed by atoms with Crippen LogP contribution in [0.5, 0.6) is 0 Å². The van der Waals surface area contributed by atoms with E-state index < -0.39 is 53.5 Å². The molecule has 0 spiro atoms. The summed E-state index contributed by atoms with van der Waals surface area (Å²) < 4.78 is 16.4. The lowest BCUT2D eigenvalue weighted by molar-refractivity contribution is -0.122. The summed E-state index contributed by atoms with van der Waals surface area (Å²) in [5, 5.41) is 22.7. The summed E-state index contributed by atoms with van der Waals surface area (Å²) in [4.78, 5) is 39.0. The van der Waals surface area contributed by atoms with Gasteiger partial charge in [0, 0.05) is 0 Å². The molecule has 0 saturated heterocycles. The van der Waals surface area contributed by atoms with Gasteiger partial charge in [0.25, 0.3) is 0 Å². The van der Waals surface area contributed by atoms with E-state index in [1.165, 1.54) is 47.8 Å². The van der Waals surface area contributed by atoms with Crippen LogP contribution < -0.4 is 0 Å². The van der Waals surface area contributed by atoms with E-state index in [9.17, 15) is 24.6 Å². The van der Waals surface area contributed by atoms with Gasteiger partial charge in [0.15, 0.2) is 12.2 Å². The Morgan fingerprint density at radius 3 is 1.49 bits per heavy atom. The van der Waals surface area contributed by atoms with Gasteiger partial charge in [0.05, 0.1) is 21.3 Å². The molecule has 0 aliphatic rings. The van der Waals surface area contributed by atoms with Gasteiger partial charge in [-0.15, -0.1) is 23.5 Å². The van der Waals surface area contributed by atoms with Crippen LogP contribution in [0.3, 0.4) is 0 Å². The molecule has 3 aromatic rings. The van der Waals surface area contributed by atoms with Gasteiger partial charge in [-0.25, -0.2) is 14.4 Å². The molecule has 0 aliphatic carbocycles. The quantitative estimate of drug-likeness (QED) is 0.143. The molecule has 0 bridgehead atoms. The molecule has 0 radical (unpaired) electrons. The summed E-state index contributed by atoms with van der Waals surface area (Å²) in [5.41, 5.74) is 0.657. The van der Waals surface area contributed by atoms with Gasteiger partial charge in [-0.2, -0.15) is 0 Å². The van der Waals surface area contributed by atoms with E-state index in [0.29, 0.717) is 11.5 Å². The maximum Gasteiger partial charge on any atom is 0.338 e. The van der Waals surface area contributed by atoms with Crippen LogP contribution in [0.15, 0.2) is 91.0 Å². The second-order valence-electron chi connectivity index (χ2n) is 8.77. The van der Waals surface area contributed by atoms with Gasteiger partial charge < -0.3 is 24.4 Å². The molecule has 0 unspecified atom stereocenters. The van der Waals surface area contributed by atoms with Crippen LogP contribution in [0.4, 0.5) is 0 Å². The highest BCUT2D eigenvalue weighted by molar-refractivity contribution is 8.17. The van der Waals surface area contributed by atoms with Crippen molar-refractivity contribution in [1.82, 2.24) is 0 Å². The van der Waals surface area contributed by atoms with Gasteiger partial charge in [0.2, 0.25) is 0 Å². The summed E-state index contributed by atoms with van der Waals surface area (Å²) in [6.07, 6.45) is -6.09. The van der Waals surface area contributed by atoms with E-state index in [2.05, 4.69) is 0 Å². The number of carbonyl (C=O) groups is 3. The molecule has 0 aromatic heterocycles. The van der Waals surface area contributed by atoms with Gasteiger partial charge in [0.1, 0.15) is 18.8 Å². The maximum atomic E-state index is 13.1. The van der Waals surface area contributed by atoms with Gasteiger partial charge in [-0.3, -0.25) is 0 Å². The highest BCUT2D eigenvalue weighted by atomic mass is 32.2. The Bertz CT molecular complexity index is 1220. The van der Waals surface area contributed by atoms with Crippen molar-refractivity contribution in [2.24, 2.45) is 0 Å². The van der Waals surface area contributed by atoms with Crippen molar-refractivity contribution < 1.29 is 38.8 Å². The monoisotopic (exact) mass is 598 g/mol. The Morgan fingerprint density at radius 2 is 1.05 bits per heavy atom. The molecular formula is C31H34O8S2. The van der Waals surface area contributed by atoms with Gasteiger partial charge in [-0.05, 0) is 47.9 Å². The number of ether oxygens (including phenoxy) is 3. The van der Waals surface area contributed by atoms with Gasteiger partial charge >= 0.3 is 17.9 Å². The zero-order chi connectivity index (χ0) is 29.6. The minimum absolute atomic E-state index is 0.191. The second kappa shape index (κ2) is 16.8. The normalized spacial score (nSPS) is 14.0. The number of carbonyl (C=O) groups excluding carboxylic acids is 3. The number of aliphatic hydroxyl groups excluding tert-OH is 2. The average molecular weight is 599 g/mol. The average Bonchev–Trinajstić information content (AvgIpc) is 3.02. The molecule has 0 saturated carbocycles. The molecule has 218 valence electrons. The minimum atomic E-state index is -1.69. The largest absolute Gasteiger partial charge is 0.458 e. The predicted molar refractivity (Wildman–Crippen MR) is 160 cm³/mol. The third kappa shape index (κ3) is 9.64. The second-order valence-corrected chi connectivity index (χ2v) is 11.9. The van der Waals surface area contributed by atoms with Crippen LogP contribution in [0, 0.1) is 0 Å². The molecule has 3 aromatic carbocycles. The molecule has 0 aliphatic heterocycles. The number of hydrogen-bond donors (Lipinski definition) is 2. The van der Waals surface area contributed by atoms with E-state index in [4.69, 9.17) is 14.2 Å². The summed E-state index contributed by atoms with van der Waals surface area (Å²) in [7, 11) is 0. The first kappa shape index (κ1) is 32.2. The Labute approximate surface area is 248 Å². The number of thioether (sulfide) groups is 2. The third-order valence-corrected chi connectivity index (χ3v) is 8.60. The minimum Gasteiger partial charge on any atom is -0.458 e.